The number of benzene rings is 1. The molecule has 0 aromatic heterocycles. The van der Waals surface area contributed by atoms with Crippen LogP contribution in [0.3, 0.4) is 0 Å². The molecular formula is C14H16BrNO3. The van der Waals surface area contributed by atoms with Crippen LogP contribution in [0.15, 0.2) is 15.5 Å². The number of hydrogen-bond donors (Lipinski definition) is 1. The fourth-order valence-corrected chi connectivity index (χ4v) is 3.81. The Morgan fingerprint density at radius 1 is 1.47 bits per heavy atom. The monoisotopic (exact) mass is 325 g/mol. The molecule has 1 saturated carbocycles. The molecule has 1 aliphatic carbocycles. The number of rotatable bonds is 3. The van der Waals surface area contributed by atoms with Gasteiger partial charge >= 0.3 is 0 Å². The summed E-state index contributed by atoms with van der Waals surface area (Å²) in [5.41, 5.74) is 1.25. The van der Waals surface area contributed by atoms with Crippen molar-refractivity contribution in [3.8, 4) is 11.5 Å². The number of aliphatic imine (C=N–C) groups is 1. The molecule has 0 heterocycles. The van der Waals surface area contributed by atoms with Crippen molar-refractivity contribution in [2.45, 2.75) is 38.1 Å². The van der Waals surface area contributed by atoms with Crippen LogP contribution in [-0.4, -0.2) is 18.3 Å². The van der Waals surface area contributed by atoms with Gasteiger partial charge in [0.25, 0.3) is 0 Å². The predicted octanol–water partition coefficient (Wildman–Crippen LogP) is 3.58. The van der Waals surface area contributed by atoms with Gasteiger partial charge in [0.1, 0.15) is 0 Å². The van der Waals surface area contributed by atoms with Crippen molar-refractivity contribution in [2.75, 3.05) is 7.11 Å². The lowest BCUT2D eigenvalue weighted by Gasteiger charge is -2.27. The van der Waals surface area contributed by atoms with Crippen LogP contribution >= 0.6 is 15.9 Å². The van der Waals surface area contributed by atoms with E-state index in [-0.39, 0.29) is 5.75 Å². The summed E-state index contributed by atoms with van der Waals surface area (Å²) in [4.78, 5) is 14.8. The van der Waals surface area contributed by atoms with Crippen molar-refractivity contribution in [3.05, 3.63) is 21.7 Å². The first-order valence-electron chi connectivity index (χ1n) is 6.21. The Bertz CT molecular complexity index is 544. The minimum absolute atomic E-state index is 0.0514. The van der Waals surface area contributed by atoms with E-state index in [1.54, 1.807) is 12.1 Å². The second kappa shape index (κ2) is 5.35. The molecule has 1 aromatic rings. The second-order valence-corrected chi connectivity index (χ2v) is 5.67. The minimum atomic E-state index is -0.561. The number of aryl methyl sites for hydroxylation is 1. The Labute approximate surface area is 120 Å². The average molecular weight is 326 g/mol. The summed E-state index contributed by atoms with van der Waals surface area (Å²) in [6.07, 6.45) is 5.33. The van der Waals surface area contributed by atoms with E-state index in [4.69, 9.17) is 4.74 Å². The van der Waals surface area contributed by atoms with E-state index in [0.717, 1.165) is 36.8 Å². The highest BCUT2D eigenvalue weighted by atomic mass is 79.9. The van der Waals surface area contributed by atoms with E-state index in [0.29, 0.717) is 10.2 Å². The molecule has 0 spiro atoms. The van der Waals surface area contributed by atoms with Gasteiger partial charge < -0.3 is 9.84 Å². The fraction of sp³-hybridized carbons (Fsp3) is 0.500. The standard InChI is InChI=1S/C14H16BrNO3/c1-9-7-10(19-2)13(18)12(15)11(9)14(16-8-17)5-3-4-6-14/h7,18H,3-6H2,1-2H3. The number of methoxy groups -OCH3 is 1. The summed E-state index contributed by atoms with van der Waals surface area (Å²) >= 11 is 3.42. The predicted molar refractivity (Wildman–Crippen MR) is 75.4 cm³/mol. The number of phenolic OH excluding ortho intramolecular Hbond substituents is 1. The maximum atomic E-state index is 10.8. The number of nitrogens with zero attached hydrogens (tertiary/aromatic N) is 1. The lowest BCUT2D eigenvalue weighted by molar-refractivity contribution is 0.367. The first-order chi connectivity index (χ1) is 9.05. The van der Waals surface area contributed by atoms with Crippen LogP contribution in [0.25, 0.3) is 0 Å². The Balaban J connectivity index is 2.67. The molecule has 0 radical (unpaired) electrons. The molecule has 0 bridgehead atoms. The number of halogens is 1. The number of carbonyl (C=O) groups excluding carboxylic acids is 1. The molecule has 4 nitrogen and oxygen atoms in total. The number of ether oxygens (including phenoxy) is 1. The molecule has 1 aromatic carbocycles. The molecule has 0 saturated heterocycles. The van der Waals surface area contributed by atoms with E-state index < -0.39 is 5.54 Å². The molecule has 102 valence electrons. The second-order valence-electron chi connectivity index (χ2n) is 4.88. The summed E-state index contributed by atoms with van der Waals surface area (Å²) in [5, 5.41) is 10.1. The third kappa shape index (κ3) is 2.28. The van der Waals surface area contributed by atoms with E-state index in [1.807, 2.05) is 6.92 Å². The summed E-state index contributed by atoms with van der Waals surface area (Å²) < 4.78 is 5.69. The molecule has 19 heavy (non-hydrogen) atoms. The summed E-state index contributed by atoms with van der Waals surface area (Å²) in [6, 6.07) is 1.77. The van der Waals surface area contributed by atoms with Crippen LogP contribution in [-0.2, 0) is 10.3 Å². The van der Waals surface area contributed by atoms with E-state index in [9.17, 15) is 9.90 Å². The molecule has 0 amide bonds. The molecule has 0 unspecified atom stereocenters. The zero-order valence-corrected chi connectivity index (χ0v) is 12.6. The van der Waals surface area contributed by atoms with Crippen molar-refractivity contribution in [2.24, 2.45) is 4.99 Å². The third-order valence-electron chi connectivity index (χ3n) is 3.78. The summed E-state index contributed by atoms with van der Waals surface area (Å²) in [6.45, 7) is 1.93. The number of isocyanates is 1. The van der Waals surface area contributed by atoms with Crippen LogP contribution in [0.4, 0.5) is 0 Å². The molecule has 1 N–H and O–H groups in total. The SMILES string of the molecule is COc1cc(C)c(C2(N=C=O)CCCC2)c(Br)c1O. The lowest BCUT2D eigenvalue weighted by atomic mass is 9.85. The lowest BCUT2D eigenvalue weighted by Crippen LogP contribution is -2.21. The quantitative estimate of drug-likeness (QED) is 0.682. The molecule has 1 aliphatic rings. The van der Waals surface area contributed by atoms with Gasteiger partial charge in [-0.3, -0.25) is 0 Å². The van der Waals surface area contributed by atoms with Gasteiger partial charge in [-0.05, 0) is 47.3 Å². The maximum absolute atomic E-state index is 10.8. The van der Waals surface area contributed by atoms with Crippen molar-refractivity contribution in [1.29, 1.82) is 0 Å². The average Bonchev–Trinajstić information content (AvgIpc) is 2.83. The Morgan fingerprint density at radius 3 is 2.63 bits per heavy atom. The van der Waals surface area contributed by atoms with Crippen molar-refractivity contribution in [1.82, 2.24) is 0 Å². The highest BCUT2D eigenvalue weighted by molar-refractivity contribution is 9.10. The first kappa shape index (κ1) is 14.1. The van der Waals surface area contributed by atoms with Crippen LogP contribution in [0.1, 0.15) is 36.8 Å². The smallest absolute Gasteiger partial charge is 0.235 e. The number of phenols is 1. The van der Waals surface area contributed by atoms with Crippen LogP contribution in [0, 0.1) is 6.92 Å². The number of hydrogen-bond acceptors (Lipinski definition) is 4. The van der Waals surface area contributed by atoms with Gasteiger partial charge in [-0.25, -0.2) is 4.79 Å². The third-order valence-corrected chi connectivity index (χ3v) is 4.55. The van der Waals surface area contributed by atoms with Crippen LogP contribution in [0.2, 0.25) is 0 Å². The van der Waals surface area contributed by atoms with Crippen molar-refractivity contribution < 1.29 is 14.6 Å². The molecule has 1 fully saturated rings. The summed E-state index contributed by atoms with van der Waals surface area (Å²) in [7, 11) is 1.51. The van der Waals surface area contributed by atoms with Gasteiger partial charge in [-0.15, -0.1) is 0 Å². The Morgan fingerprint density at radius 2 is 2.11 bits per heavy atom. The fourth-order valence-electron chi connectivity index (χ4n) is 2.93. The van der Waals surface area contributed by atoms with Crippen LogP contribution < -0.4 is 4.74 Å². The molecule has 5 heteroatoms. The summed E-state index contributed by atoms with van der Waals surface area (Å²) in [5.74, 6) is 0.465. The molecule has 0 aliphatic heterocycles. The highest BCUT2D eigenvalue weighted by Crippen LogP contribution is 2.50. The first-order valence-corrected chi connectivity index (χ1v) is 7.00. The van der Waals surface area contributed by atoms with Crippen molar-refractivity contribution >= 4 is 22.0 Å². The van der Waals surface area contributed by atoms with E-state index in [1.165, 1.54) is 7.11 Å². The number of aromatic hydroxyl groups is 1. The molecule has 0 atom stereocenters. The Kier molecular flexibility index (Phi) is 3.97. The van der Waals surface area contributed by atoms with Gasteiger partial charge in [-0.1, -0.05) is 12.8 Å². The topological polar surface area (TPSA) is 58.9 Å². The largest absolute Gasteiger partial charge is 0.503 e. The zero-order valence-electron chi connectivity index (χ0n) is 11.0. The maximum Gasteiger partial charge on any atom is 0.235 e. The van der Waals surface area contributed by atoms with Crippen molar-refractivity contribution in [3.63, 3.8) is 0 Å². The highest BCUT2D eigenvalue weighted by Gasteiger charge is 2.39. The van der Waals surface area contributed by atoms with E-state index >= 15 is 0 Å². The Hall–Kier alpha value is -1.32. The zero-order chi connectivity index (χ0) is 14.0. The van der Waals surface area contributed by atoms with Gasteiger partial charge in [-0.2, -0.15) is 4.99 Å². The van der Waals surface area contributed by atoms with Gasteiger partial charge in [0.05, 0.1) is 17.1 Å². The molecule has 2 rings (SSSR count). The van der Waals surface area contributed by atoms with Crippen LogP contribution in [0.5, 0.6) is 11.5 Å². The van der Waals surface area contributed by atoms with Gasteiger partial charge in [0, 0.05) is 5.56 Å². The molecular weight excluding hydrogens is 310 g/mol. The van der Waals surface area contributed by atoms with E-state index in [2.05, 4.69) is 20.9 Å². The minimum Gasteiger partial charge on any atom is -0.503 e. The van der Waals surface area contributed by atoms with Gasteiger partial charge in [0.15, 0.2) is 11.5 Å². The normalized spacial score (nSPS) is 17.0. The van der Waals surface area contributed by atoms with Gasteiger partial charge in [0.2, 0.25) is 6.08 Å².